The van der Waals surface area contributed by atoms with Gasteiger partial charge in [0.1, 0.15) is 0 Å². The molecule has 0 aromatic heterocycles. The number of fused-ring (bicyclic) bond motifs is 2. The van der Waals surface area contributed by atoms with Gasteiger partial charge in [0.25, 0.3) is 0 Å². The van der Waals surface area contributed by atoms with Crippen molar-refractivity contribution in [2.24, 2.45) is 0 Å². The SMILES string of the molecule is Cc1ccc(/C=C/c2cccc3ccccc23)c2ccccc12. The van der Waals surface area contributed by atoms with E-state index in [1.165, 1.54) is 38.2 Å². The van der Waals surface area contributed by atoms with Crippen molar-refractivity contribution in [2.75, 3.05) is 0 Å². The average molecular weight is 294 g/mol. The molecular weight excluding hydrogens is 276 g/mol. The van der Waals surface area contributed by atoms with Gasteiger partial charge in [0.05, 0.1) is 0 Å². The van der Waals surface area contributed by atoms with Crippen LogP contribution >= 0.6 is 0 Å². The molecule has 23 heavy (non-hydrogen) atoms. The summed E-state index contributed by atoms with van der Waals surface area (Å²) in [4.78, 5) is 0. The number of aryl methyl sites for hydroxylation is 1. The molecule has 0 aliphatic rings. The summed E-state index contributed by atoms with van der Waals surface area (Å²) in [7, 11) is 0. The largest absolute Gasteiger partial charge is 0.0616 e. The topological polar surface area (TPSA) is 0 Å². The first-order chi connectivity index (χ1) is 11.3. The summed E-state index contributed by atoms with van der Waals surface area (Å²) in [5.74, 6) is 0. The van der Waals surface area contributed by atoms with E-state index >= 15 is 0 Å². The van der Waals surface area contributed by atoms with Crippen LogP contribution in [0.4, 0.5) is 0 Å². The second kappa shape index (κ2) is 5.73. The molecule has 0 unspecified atom stereocenters. The zero-order chi connectivity index (χ0) is 15.6. The van der Waals surface area contributed by atoms with E-state index in [2.05, 4.69) is 97.9 Å². The average Bonchev–Trinajstić information content (AvgIpc) is 2.61. The van der Waals surface area contributed by atoms with Gasteiger partial charge in [-0.25, -0.2) is 0 Å². The van der Waals surface area contributed by atoms with Crippen LogP contribution in [0.2, 0.25) is 0 Å². The first-order valence-corrected chi connectivity index (χ1v) is 7.97. The van der Waals surface area contributed by atoms with Crippen LogP contribution in [-0.4, -0.2) is 0 Å². The summed E-state index contributed by atoms with van der Waals surface area (Å²) in [5.41, 5.74) is 3.84. The molecule has 0 amide bonds. The molecule has 0 radical (unpaired) electrons. The maximum atomic E-state index is 2.23. The van der Waals surface area contributed by atoms with Crippen molar-refractivity contribution in [3.05, 3.63) is 95.6 Å². The van der Waals surface area contributed by atoms with Gasteiger partial charge in [-0.15, -0.1) is 0 Å². The molecular formula is C23H18. The van der Waals surface area contributed by atoms with Gasteiger partial charge in [-0.2, -0.15) is 0 Å². The number of hydrogen-bond donors (Lipinski definition) is 0. The molecule has 0 heterocycles. The third kappa shape index (κ3) is 2.53. The minimum absolute atomic E-state index is 1.26. The Hall–Kier alpha value is -2.86. The molecule has 4 rings (SSSR count). The van der Waals surface area contributed by atoms with E-state index in [4.69, 9.17) is 0 Å². The number of benzene rings is 4. The quantitative estimate of drug-likeness (QED) is 0.371. The van der Waals surface area contributed by atoms with Gasteiger partial charge in [-0.05, 0) is 45.2 Å². The second-order valence-electron chi connectivity index (χ2n) is 5.92. The van der Waals surface area contributed by atoms with Crippen LogP contribution in [-0.2, 0) is 0 Å². The molecule has 0 heteroatoms. The van der Waals surface area contributed by atoms with Crippen LogP contribution in [0.15, 0.2) is 78.9 Å². The van der Waals surface area contributed by atoms with Gasteiger partial charge in [-0.1, -0.05) is 91.0 Å². The Morgan fingerprint density at radius 2 is 1.13 bits per heavy atom. The monoisotopic (exact) mass is 294 g/mol. The van der Waals surface area contributed by atoms with Crippen molar-refractivity contribution in [2.45, 2.75) is 6.92 Å². The van der Waals surface area contributed by atoms with Gasteiger partial charge in [0.2, 0.25) is 0 Å². The second-order valence-corrected chi connectivity index (χ2v) is 5.92. The highest BCUT2D eigenvalue weighted by Gasteiger charge is 2.01. The Balaban J connectivity index is 1.84. The zero-order valence-corrected chi connectivity index (χ0v) is 13.2. The van der Waals surface area contributed by atoms with Crippen molar-refractivity contribution < 1.29 is 0 Å². The molecule has 0 nitrogen and oxygen atoms in total. The molecule has 4 aromatic carbocycles. The molecule has 0 fully saturated rings. The Kier molecular flexibility index (Phi) is 3.44. The molecule has 0 saturated heterocycles. The molecule has 0 spiro atoms. The molecule has 0 saturated carbocycles. The summed E-state index contributed by atoms with van der Waals surface area (Å²) in [6.07, 6.45) is 4.45. The van der Waals surface area contributed by atoms with E-state index in [1.54, 1.807) is 0 Å². The van der Waals surface area contributed by atoms with Crippen molar-refractivity contribution >= 4 is 33.7 Å². The maximum Gasteiger partial charge on any atom is -0.0109 e. The van der Waals surface area contributed by atoms with Crippen LogP contribution in [0.1, 0.15) is 16.7 Å². The lowest BCUT2D eigenvalue weighted by Gasteiger charge is -2.06. The van der Waals surface area contributed by atoms with Gasteiger partial charge in [0.15, 0.2) is 0 Å². The van der Waals surface area contributed by atoms with Crippen molar-refractivity contribution in [1.82, 2.24) is 0 Å². The highest BCUT2D eigenvalue weighted by molar-refractivity contribution is 5.97. The maximum absolute atomic E-state index is 2.23. The first-order valence-electron chi connectivity index (χ1n) is 7.97. The molecule has 110 valence electrons. The predicted molar refractivity (Wildman–Crippen MR) is 102 cm³/mol. The van der Waals surface area contributed by atoms with E-state index in [-0.39, 0.29) is 0 Å². The summed E-state index contributed by atoms with van der Waals surface area (Å²) in [5, 5.41) is 5.21. The minimum Gasteiger partial charge on any atom is -0.0616 e. The lowest BCUT2D eigenvalue weighted by molar-refractivity contribution is 1.52. The Bertz CT molecular complexity index is 1020. The van der Waals surface area contributed by atoms with E-state index in [9.17, 15) is 0 Å². The molecule has 0 N–H and O–H groups in total. The van der Waals surface area contributed by atoms with E-state index in [0.29, 0.717) is 0 Å². The summed E-state index contributed by atoms with van der Waals surface area (Å²) < 4.78 is 0. The smallest absolute Gasteiger partial charge is 0.0109 e. The summed E-state index contributed by atoms with van der Waals surface area (Å²) in [6, 6.07) is 28.0. The lowest BCUT2D eigenvalue weighted by atomic mass is 9.98. The molecule has 0 aliphatic heterocycles. The van der Waals surface area contributed by atoms with Crippen LogP contribution < -0.4 is 0 Å². The van der Waals surface area contributed by atoms with E-state index in [1.807, 2.05) is 0 Å². The predicted octanol–water partition coefficient (Wildman–Crippen LogP) is 6.47. The van der Waals surface area contributed by atoms with Crippen molar-refractivity contribution in [3.63, 3.8) is 0 Å². The Morgan fingerprint density at radius 1 is 0.522 bits per heavy atom. The third-order valence-electron chi connectivity index (χ3n) is 4.44. The van der Waals surface area contributed by atoms with E-state index < -0.39 is 0 Å². The fourth-order valence-corrected chi connectivity index (χ4v) is 3.19. The summed E-state index contributed by atoms with van der Waals surface area (Å²) in [6.45, 7) is 2.17. The molecule has 0 bridgehead atoms. The van der Waals surface area contributed by atoms with Gasteiger partial charge in [-0.3, -0.25) is 0 Å². The van der Waals surface area contributed by atoms with Crippen LogP contribution in [0, 0.1) is 6.92 Å². The summed E-state index contributed by atoms with van der Waals surface area (Å²) >= 11 is 0. The Morgan fingerprint density at radius 3 is 1.96 bits per heavy atom. The third-order valence-corrected chi connectivity index (χ3v) is 4.44. The number of hydrogen-bond acceptors (Lipinski definition) is 0. The first kappa shape index (κ1) is 13.8. The highest BCUT2D eigenvalue weighted by atomic mass is 14.1. The van der Waals surface area contributed by atoms with Crippen molar-refractivity contribution in [3.8, 4) is 0 Å². The van der Waals surface area contributed by atoms with Crippen LogP contribution in [0.5, 0.6) is 0 Å². The zero-order valence-electron chi connectivity index (χ0n) is 13.2. The standard InChI is InChI=1S/C23H18/c1-17-13-14-20(23-12-5-4-10-21(17)23)16-15-19-9-6-8-18-7-2-3-11-22(18)19/h2-16H,1H3/b16-15+. The Labute approximate surface area is 136 Å². The molecule has 0 aliphatic carbocycles. The van der Waals surface area contributed by atoms with Crippen molar-refractivity contribution in [1.29, 1.82) is 0 Å². The lowest BCUT2D eigenvalue weighted by Crippen LogP contribution is -1.82. The highest BCUT2D eigenvalue weighted by Crippen LogP contribution is 2.25. The van der Waals surface area contributed by atoms with Gasteiger partial charge >= 0.3 is 0 Å². The van der Waals surface area contributed by atoms with E-state index in [0.717, 1.165) is 0 Å². The molecule has 4 aromatic rings. The van der Waals surface area contributed by atoms with Crippen LogP contribution in [0.3, 0.4) is 0 Å². The number of rotatable bonds is 2. The normalized spacial score (nSPS) is 11.5. The fourth-order valence-electron chi connectivity index (χ4n) is 3.19. The van der Waals surface area contributed by atoms with Crippen LogP contribution in [0.25, 0.3) is 33.7 Å². The minimum atomic E-state index is 1.26. The van der Waals surface area contributed by atoms with Gasteiger partial charge < -0.3 is 0 Å². The molecule has 0 atom stereocenters. The van der Waals surface area contributed by atoms with Gasteiger partial charge in [0, 0.05) is 0 Å². The fraction of sp³-hybridized carbons (Fsp3) is 0.0435.